The number of carbonyl (C=O) groups excluding carboxylic acids is 1. The van der Waals surface area contributed by atoms with Crippen LogP contribution in [-0.2, 0) is 4.79 Å². The number of hydrogen-bond acceptors (Lipinski definition) is 3. The molecule has 0 aromatic heterocycles. The van der Waals surface area contributed by atoms with Gasteiger partial charge >= 0.3 is 0 Å². The van der Waals surface area contributed by atoms with Crippen LogP contribution in [0.4, 0.5) is 4.39 Å². The summed E-state index contributed by atoms with van der Waals surface area (Å²) in [6, 6.07) is 2.13. The maximum absolute atomic E-state index is 13.1. The van der Waals surface area contributed by atoms with E-state index in [2.05, 4.69) is 0 Å². The summed E-state index contributed by atoms with van der Waals surface area (Å²) in [5.41, 5.74) is 0.566. The van der Waals surface area contributed by atoms with E-state index in [-0.39, 0.29) is 16.3 Å². The summed E-state index contributed by atoms with van der Waals surface area (Å²) in [4.78, 5) is 12.0. The van der Waals surface area contributed by atoms with E-state index < -0.39 is 5.82 Å². The van der Waals surface area contributed by atoms with Crippen molar-refractivity contribution in [2.24, 2.45) is 0 Å². The molecule has 5 heteroatoms. The van der Waals surface area contributed by atoms with E-state index >= 15 is 0 Å². The van der Waals surface area contributed by atoms with Crippen LogP contribution >= 0.6 is 11.6 Å². The van der Waals surface area contributed by atoms with Crippen LogP contribution in [0.1, 0.15) is 5.56 Å². The molecule has 0 saturated heterocycles. The SMILES string of the molecule is CN(C)/C(=C/C=O)c1cc(F)cc(Cl)c1O. The molecular weight excluding hydrogens is 233 g/mol. The lowest BCUT2D eigenvalue weighted by molar-refractivity contribution is -0.104. The molecule has 0 fully saturated rings. The van der Waals surface area contributed by atoms with Crippen molar-refractivity contribution in [2.45, 2.75) is 0 Å². The van der Waals surface area contributed by atoms with Gasteiger partial charge in [0.05, 0.1) is 10.7 Å². The largest absolute Gasteiger partial charge is 0.506 e. The summed E-state index contributed by atoms with van der Waals surface area (Å²) in [6.07, 6.45) is 1.79. The first-order valence-corrected chi connectivity index (χ1v) is 4.86. The van der Waals surface area contributed by atoms with Crippen LogP contribution in [0, 0.1) is 5.82 Å². The van der Waals surface area contributed by atoms with E-state index in [1.165, 1.54) is 6.08 Å². The molecule has 0 aliphatic carbocycles. The Kier molecular flexibility index (Phi) is 3.90. The maximum Gasteiger partial charge on any atom is 0.144 e. The first-order valence-electron chi connectivity index (χ1n) is 4.48. The molecule has 1 aromatic carbocycles. The van der Waals surface area contributed by atoms with Gasteiger partial charge in [0.2, 0.25) is 0 Å². The molecule has 1 rings (SSSR count). The number of hydrogen-bond donors (Lipinski definition) is 1. The summed E-state index contributed by atoms with van der Waals surface area (Å²) < 4.78 is 13.1. The zero-order chi connectivity index (χ0) is 12.3. The van der Waals surface area contributed by atoms with E-state index in [1.807, 2.05) is 0 Å². The van der Waals surface area contributed by atoms with E-state index in [9.17, 15) is 14.3 Å². The quantitative estimate of drug-likeness (QED) is 0.654. The van der Waals surface area contributed by atoms with Crippen molar-refractivity contribution >= 4 is 23.6 Å². The summed E-state index contributed by atoms with van der Waals surface area (Å²) in [7, 11) is 3.35. The lowest BCUT2D eigenvalue weighted by Crippen LogP contribution is -2.10. The molecule has 3 nitrogen and oxygen atoms in total. The van der Waals surface area contributed by atoms with Crippen LogP contribution in [0.25, 0.3) is 5.70 Å². The fourth-order valence-electron chi connectivity index (χ4n) is 1.31. The Bertz CT molecular complexity index is 444. The van der Waals surface area contributed by atoms with Crippen molar-refractivity contribution in [2.75, 3.05) is 14.1 Å². The molecule has 0 amide bonds. The molecule has 16 heavy (non-hydrogen) atoms. The molecular formula is C11H11ClFNO2. The zero-order valence-electron chi connectivity index (χ0n) is 8.87. The van der Waals surface area contributed by atoms with Gasteiger partial charge in [0.15, 0.2) is 0 Å². The number of phenolic OH excluding ortho intramolecular Hbond substituents is 1. The third kappa shape index (κ3) is 2.52. The summed E-state index contributed by atoms with van der Waals surface area (Å²) in [5.74, 6) is -0.818. The van der Waals surface area contributed by atoms with E-state index in [0.29, 0.717) is 12.0 Å². The highest BCUT2D eigenvalue weighted by Crippen LogP contribution is 2.33. The minimum absolute atomic E-state index is 0.0892. The third-order valence-corrected chi connectivity index (χ3v) is 2.30. The van der Waals surface area contributed by atoms with Crippen molar-refractivity contribution in [1.29, 1.82) is 0 Å². The number of halogens is 2. The zero-order valence-corrected chi connectivity index (χ0v) is 9.62. The standard InChI is InChI=1S/C11H11ClFNO2/c1-14(2)10(3-4-15)8-5-7(13)6-9(12)11(8)16/h3-6,16H,1-2H3/b10-3+. The summed E-state index contributed by atoms with van der Waals surface area (Å²) in [5, 5.41) is 9.60. The number of aromatic hydroxyl groups is 1. The lowest BCUT2D eigenvalue weighted by atomic mass is 10.1. The molecule has 0 atom stereocenters. The highest BCUT2D eigenvalue weighted by atomic mass is 35.5. The van der Waals surface area contributed by atoms with Gasteiger partial charge in [-0.25, -0.2) is 4.39 Å². The predicted molar refractivity (Wildman–Crippen MR) is 60.8 cm³/mol. The Morgan fingerprint density at radius 3 is 2.62 bits per heavy atom. The van der Waals surface area contributed by atoms with Gasteiger partial charge in [-0.3, -0.25) is 4.79 Å². The van der Waals surface area contributed by atoms with Gasteiger partial charge in [-0.15, -0.1) is 0 Å². The average molecular weight is 244 g/mol. The minimum Gasteiger partial charge on any atom is -0.506 e. The van der Waals surface area contributed by atoms with Gasteiger partial charge < -0.3 is 10.0 Å². The van der Waals surface area contributed by atoms with Crippen molar-refractivity contribution in [3.63, 3.8) is 0 Å². The maximum atomic E-state index is 13.1. The fraction of sp³-hybridized carbons (Fsp3) is 0.182. The van der Waals surface area contributed by atoms with Crippen LogP contribution in [0.2, 0.25) is 5.02 Å². The first-order chi connectivity index (χ1) is 7.47. The fourth-order valence-corrected chi connectivity index (χ4v) is 1.51. The van der Waals surface area contributed by atoms with Gasteiger partial charge in [0.1, 0.15) is 17.9 Å². The number of carbonyl (C=O) groups is 1. The van der Waals surface area contributed by atoms with Gasteiger partial charge in [-0.05, 0) is 12.1 Å². The molecule has 0 aliphatic heterocycles. The Labute approximate surface area is 97.8 Å². The molecule has 0 aliphatic rings. The normalized spacial score (nSPS) is 11.4. The van der Waals surface area contributed by atoms with Gasteiger partial charge in [-0.2, -0.15) is 0 Å². The smallest absolute Gasteiger partial charge is 0.144 e. The Morgan fingerprint density at radius 2 is 2.12 bits per heavy atom. The molecule has 0 heterocycles. The van der Waals surface area contributed by atoms with Crippen molar-refractivity contribution in [1.82, 2.24) is 4.90 Å². The number of nitrogens with zero attached hydrogens (tertiary/aromatic N) is 1. The first kappa shape index (κ1) is 12.5. The molecule has 0 unspecified atom stereocenters. The van der Waals surface area contributed by atoms with E-state index in [1.54, 1.807) is 19.0 Å². The molecule has 1 N–H and O–H groups in total. The second-order valence-electron chi connectivity index (χ2n) is 3.37. The Morgan fingerprint density at radius 1 is 1.50 bits per heavy atom. The van der Waals surface area contributed by atoms with Gasteiger partial charge in [0, 0.05) is 25.7 Å². The monoisotopic (exact) mass is 243 g/mol. The second-order valence-corrected chi connectivity index (χ2v) is 3.77. The number of benzene rings is 1. The minimum atomic E-state index is -0.573. The number of phenols is 1. The molecule has 86 valence electrons. The van der Waals surface area contributed by atoms with Crippen LogP contribution in [0.3, 0.4) is 0 Å². The van der Waals surface area contributed by atoms with Crippen LogP contribution in [0.15, 0.2) is 18.2 Å². The molecule has 1 aromatic rings. The Balaban J connectivity index is 3.41. The van der Waals surface area contributed by atoms with Crippen molar-refractivity contribution in [3.05, 3.63) is 34.6 Å². The predicted octanol–water partition coefficient (Wildman–Crippen LogP) is 2.29. The average Bonchev–Trinajstić information content (AvgIpc) is 2.20. The number of allylic oxidation sites excluding steroid dienone is 1. The molecule has 0 bridgehead atoms. The van der Waals surface area contributed by atoms with Gasteiger partial charge in [-0.1, -0.05) is 11.6 Å². The van der Waals surface area contributed by atoms with Crippen molar-refractivity contribution in [3.8, 4) is 5.75 Å². The second kappa shape index (κ2) is 4.99. The van der Waals surface area contributed by atoms with E-state index in [4.69, 9.17) is 11.6 Å². The third-order valence-electron chi connectivity index (χ3n) is 2.01. The highest BCUT2D eigenvalue weighted by Gasteiger charge is 2.14. The highest BCUT2D eigenvalue weighted by molar-refractivity contribution is 6.32. The molecule has 0 spiro atoms. The summed E-state index contributed by atoms with van der Waals surface area (Å²) in [6.45, 7) is 0. The van der Waals surface area contributed by atoms with Crippen LogP contribution in [-0.4, -0.2) is 30.4 Å². The Hall–Kier alpha value is -1.55. The van der Waals surface area contributed by atoms with Crippen LogP contribution < -0.4 is 0 Å². The summed E-state index contributed by atoms with van der Waals surface area (Å²) >= 11 is 5.64. The van der Waals surface area contributed by atoms with Crippen LogP contribution in [0.5, 0.6) is 5.75 Å². The number of rotatable bonds is 3. The number of aldehydes is 1. The molecule has 0 radical (unpaired) electrons. The topological polar surface area (TPSA) is 40.5 Å². The molecule has 0 saturated carbocycles. The van der Waals surface area contributed by atoms with Crippen molar-refractivity contribution < 1.29 is 14.3 Å². The van der Waals surface area contributed by atoms with E-state index in [0.717, 1.165) is 12.1 Å². The van der Waals surface area contributed by atoms with Gasteiger partial charge in [0.25, 0.3) is 0 Å². The lowest BCUT2D eigenvalue weighted by Gasteiger charge is -2.18.